The molecule has 15 heavy (non-hydrogen) atoms. The molecule has 0 spiro atoms. The number of rotatable bonds is 1. The highest BCUT2D eigenvalue weighted by Crippen LogP contribution is 2.20. The lowest BCUT2D eigenvalue weighted by atomic mass is 10.1. The van der Waals surface area contributed by atoms with E-state index in [9.17, 15) is 9.90 Å². The number of benzene rings is 1. The number of aliphatic hydroxyl groups excluding tert-OH is 1. The van der Waals surface area contributed by atoms with E-state index in [2.05, 4.69) is 0 Å². The van der Waals surface area contributed by atoms with Crippen LogP contribution in [0.2, 0.25) is 0 Å². The number of phenols is 1. The first-order valence-corrected chi connectivity index (χ1v) is 4.85. The van der Waals surface area contributed by atoms with Gasteiger partial charge in [-0.1, -0.05) is 13.8 Å². The molecule has 1 aromatic rings. The first-order chi connectivity index (χ1) is 7.15. The van der Waals surface area contributed by atoms with Gasteiger partial charge in [0.15, 0.2) is 0 Å². The van der Waals surface area contributed by atoms with E-state index >= 15 is 0 Å². The predicted octanol–water partition coefficient (Wildman–Crippen LogP) is 2.46. The van der Waals surface area contributed by atoms with Crippen LogP contribution in [0.5, 0.6) is 5.75 Å². The highest BCUT2D eigenvalue weighted by atomic mass is 16.3. The highest BCUT2D eigenvalue weighted by Gasteiger charge is 2.02. The standard InChI is InChI=1S/C9H10O2.C2H6.CH4O/c1-6-3-8(5-10)7(2)9(11)4-6;2*1-2/h3-5,11H,1-2H3;1-2H3;2H,1H3. The molecule has 0 aliphatic carbocycles. The molecule has 1 aromatic carbocycles. The van der Waals surface area contributed by atoms with Crippen LogP contribution in [0.4, 0.5) is 0 Å². The molecule has 0 saturated carbocycles. The van der Waals surface area contributed by atoms with Crippen molar-refractivity contribution in [2.45, 2.75) is 27.7 Å². The maximum Gasteiger partial charge on any atom is 0.150 e. The predicted molar refractivity (Wildman–Crippen MR) is 62.5 cm³/mol. The van der Waals surface area contributed by atoms with Crippen LogP contribution in [0, 0.1) is 13.8 Å². The molecular formula is C12H20O3. The molecule has 0 atom stereocenters. The average Bonchev–Trinajstić information content (AvgIpc) is 2.29. The van der Waals surface area contributed by atoms with E-state index < -0.39 is 0 Å². The number of carbonyl (C=O) groups excluding carboxylic acids is 1. The van der Waals surface area contributed by atoms with E-state index in [1.165, 1.54) is 0 Å². The average molecular weight is 212 g/mol. The first kappa shape index (κ1) is 16.1. The van der Waals surface area contributed by atoms with Gasteiger partial charge in [-0.3, -0.25) is 4.79 Å². The van der Waals surface area contributed by atoms with Crippen molar-refractivity contribution in [1.82, 2.24) is 0 Å². The number of hydrogen-bond acceptors (Lipinski definition) is 3. The van der Waals surface area contributed by atoms with Crippen molar-refractivity contribution in [3.8, 4) is 5.75 Å². The molecule has 0 amide bonds. The van der Waals surface area contributed by atoms with E-state index in [1.807, 2.05) is 20.8 Å². The van der Waals surface area contributed by atoms with E-state index in [1.54, 1.807) is 19.1 Å². The van der Waals surface area contributed by atoms with E-state index in [0.717, 1.165) is 19.0 Å². The lowest BCUT2D eigenvalue weighted by Gasteiger charge is -2.02. The van der Waals surface area contributed by atoms with Gasteiger partial charge in [0, 0.05) is 18.2 Å². The first-order valence-electron chi connectivity index (χ1n) is 4.85. The molecule has 0 heterocycles. The van der Waals surface area contributed by atoms with Gasteiger partial charge in [-0.05, 0) is 31.5 Å². The second-order valence-electron chi connectivity index (χ2n) is 2.62. The minimum atomic E-state index is 0.187. The largest absolute Gasteiger partial charge is 0.508 e. The lowest BCUT2D eigenvalue weighted by molar-refractivity contribution is 0.112. The van der Waals surface area contributed by atoms with Gasteiger partial charge in [0.1, 0.15) is 12.0 Å². The van der Waals surface area contributed by atoms with Crippen molar-refractivity contribution in [1.29, 1.82) is 0 Å². The second kappa shape index (κ2) is 9.21. The number of hydrogen-bond donors (Lipinski definition) is 2. The Bertz CT molecular complexity index is 293. The number of phenolic OH excluding ortho intramolecular Hbond substituents is 1. The van der Waals surface area contributed by atoms with Gasteiger partial charge < -0.3 is 10.2 Å². The lowest BCUT2D eigenvalue weighted by Crippen LogP contribution is -1.87. The third-order valence-corrected chi connectivity index (χ3v) is 1.69. The van der Waals surface area contributed by atoms with Crippen molar-refractivity contribution >= 4 is 6.29 Å². The minimum absolute atomic E-state index is 0.187. The smallest absolute Gasteiger partial charge is 0.150 e. The summed E-state index contributed by atoms with van der Waals surface area (Å²) in [6.07, 6.45) is 0.752. The molecule has 3 heteroatoms. The zero-order valence-corrected chi connectivity index (χ0v) is 10.0. The minimum Gasteiger partial charge on any atom is -0.508 e. The summed E-state index contributed by atoms with van der Waals surface area (Å²) in [7, 11) is 1.00. The van der Waals surface area contributed by atoms with Gasteiger partial charge in [-0.25, -0.2) is 0 Å². The van der Waals surface area contributed by atoms with Crippen molar-refractivity contribution in [2.75, 3.05) is 7.11 Å². The molecule has 0 aromatic heterocycles. The molecular weight excluding hydrogens is 192 g/mol. The molecule has 0 unspecified atom stereocenters. The molecule has 3 nitrogen and oxygen atoms in total. The van der Waals surface area contributed by atoms with Gasteiger partial charge in [0.2, 0.25) is 0 Å². The van der Waals surface area contributed by atoms with Gasteiger partial charge in [-0.2, -0.15) is 0 Å². The maximum atomic E-state index is 10.4. The zero-order valence-electron chi connectivity index (χ0n) is 10.0. The van der Waals surface area contributed by atoms with Crippen LogP contribution in [-0.4, -0.2) is 23.6 Å². The third-order valence-electron chi connectivity index (χ3n) is 1.69. The maximum absolute atomic E-state index is 10.4. The van der Waals surface area contributed by atoms with Crippen LogP contribution in [0.25, 0.3) is 0 Å². The fraction of sp³-hybridized carbons (Fsp3) is 0.417. The molecule has 2 N–H and O–H groups in total. The third kappa shape index (κ3) is 5.18. The van der Waals surface area contributed by atoms with Gasteiger partial charge in [0.05, 0.1) is 0 Å². The van der Waals surface area contributed by atoms with E-state index in [0.29, 0.717) is 11.1 Å². The molecule has 0 saturated heterocycles. The number of aldehydes is 1. The Balaban J connectivity index is 0. The Labute approximate surface area is 91.4 Å². The summed E-state index contributed by atoms with van der Waals surface area (Å²) in [5.41, 5.74) is 2.10. The topological polar surface area (TPSA) is 57.5 Å². The second-order valence-corrected chi connectivity index (χ2v) is 2.62. The summed E-state index contributed by atoms with van der Waals surface area (Å²) < 4.78 is 0. The number of aryl methyl sites for hydroxylation is 1. The Hall–Kier alpha value is -1.35. The zero-order chi connectivity index (χ0) is 12.4. The van der Waals surface area contributed by atoms with Crippen LogP contribution < -0.4 is 0 Å². The van der Waals surface area contributed by atoms with Crippen molar-refractivity contribution < 1.29 is 15.0 Å². The summed E-state index contributed by atoms with van der Waals surface area (Å²) in [5, 5.41) is 16.3. The summed E-state index contributed by atoms with van der Waals surface area (Å²) in [5.74, 6) is 0.187. The Morgan fingerprint density at radius 2 is 1.60 bits per heavy atom. The van der Waals surface area contributed by atoms with Crippen LogP contribution in [-0.2, 0) is 0 Å². The van der Waals surface area contributed by atoms with Crippen LogP contribution >= 0.6 is 0 Å². The Morgan fingerprint density at radius 1 is 1.13 bits per heavy atom. The summed E-state index contributed by atoms with van der Waals surface area (Å²) in [6.45, 7) is 7.56. The van der Waals surface area contributed by atoms with Gasteiger partial charge >= 0.3 is 0 Å². The van der Waals surface area contributed by atoms with Crippen LogP contribution in [0.1, 0.15) is 35.3 Å². The molecule has 86 valence electrons. The fourth-order valence-corrected chi connectivity index (χ4v) is 0.989. The molecule has 0 radical (unpaired) electrons. The van der Waals surface area contributed by atoms with E-state index in [4.69, 9.17) is 5.11 Å². The molecule has 0 aliphatic heterocycles. The fourth-order valence-electron chi connectivity index (χ4n) is 0.989. The molecule has 0 bridgehead atoms. The Kier molecular flexibility index (Phi) is 9.89. The normalized spacial score (nSPS) is 7.87. The van der Waals surface area contributed by atoms with Gasteiger partial charge in [0.25, 0.3) is 0 Å². The molecule has 0 aliphatic rings. The van der Waals surface area contributed by atoms with Gasteiger partial charge in [-0.15, -0.1) is 0 Å². The van der Waals surface area contributed by atoms with Crippen LogP contribution in [0.15, 0.2) is 12.1 Å². The summed E-state index contributed by atoms with van der Waals surface area (Å²) in [6, 6.07) is 3.39. The molecule has 1 rings (SSSR count). The number of aromatic hydroxyl groups is 1. The van der Waals surface area contributed by atoms with E-state index in [-0.39, 0.29) is 5.75 Å². The summed E-state index contributed by atoms with van der Waals surface area (Å²) in [4.78, 5) is 10.4. The number of carbonyl (C=O) groups is 1. The Morgan fingerprint density at radius 3 is 2.00 bits per heavy atom. The SMILES string of the molecule is CC.CO.Cc1cc(O)c(C)c(C=O)c1. The van der Waals surface area contributed by atoms with Crippen LogP contribution in [0.3, 0.4) is 0 Å². The highest BCUT2D eigenvalue weighted by molar-refractivity contribution is 5.78. The summed E-state index contributed by atoms with van der Waals surface area (Å²) >= 11 is 0. The van der Waals surface area contributed by atoms with Crippen molar-refractivity contribution in [2.24, 2.45) is 0 Å². The van der Waals surface area contributed by atoms with Crippen molar-refractivity contribution in [3.05, 3.63) is 28.8 Å². The van der Waals surface area contributed by atoms with Crippen molar-refractivity contribution in [3.63, 3.8) is 0 Å². The molecule has 0 fully saturated rings. The number of aliphatic hydroxyl groups is 1. The monoisotopic (exact) mass is 212 g/mol. The quantitative estimate of drug-likeness (QED) is 0.703.